The number of carbonyl (C=O) groups is 7. The lowest BCUT2D eigenvalue weighted by molar-refractivity contribution is -0.133. The molecule has 0 radical (unpaired) electrons. The van der Waals surface area contributed by atoms with Crippen molar-refractivity contribution in [1.29, 1.82) is 0 Å². The SMILES string of the molecule is C=CCOC(=O)Nc1cc(OCCCOc2cc(NC(=O)OCc3ccc(CC(=O)[C@H](C)NC(=O)[C@@H](CC(=O)CCOCCOC)C(C)C)cc3)c(C(=O)N3CC(=C)C[C@H]3CC)cc2OC)c(C)cc1C(=O)N1CC(=C)C[C@H]1CO[Si](C)(C)C(C)(C)C. The number of methoxy groups -OCH3 is 2. The van der Waals surface area contributed by atoms with E-state index in [-0.39, 0.29) is 139 Å². The number of rotatable bonds is 33. The Morgan fingerprint density at radius 1 is 0.747 bits per heavy atom. The molecule has 0 aliphatic carbocycles. The monoisotopic (exact) mass is 1220 g/mol. The van der Waals surface area contributed by atoms with Crippen molar-refractivity contribution < 1.29 is 71.1 Å². The summed E-state index contributed by atoms with van der Waals surface area (Å²) >= 11 is 0. The van der Waals surface area contributed by atoms with Crippen molar-refractivity contribution in [2.24, 2.45) is 11.8 Å². The van der Waals surface area contributed by atoms with Gasteiger partial charge in [-0.3, -0.25) is 34.6 Å². The molecule has 2 heterocycles. The van der Waals surface area contributed by atoms with Gasteiger partial charge < -0.3 is 52.7 Å². The van der Waals surface area contributed by atoms with Crippen LogP contribution in [-0.4, -0.2) is 151 Å². The second kappa shape index (κ2) is 33.1. The number of likely N-dealkylation sites (tertiary alicyclic amines) is 2. The van der Waals surface area contributed by atoms with Gasteiger partial charge in [0.25, 0.3) is 11.8 Å². The first-order valence-corrected chi connectivity index (χ1v) is 32.8. The van der Waals surface area contributed by atoms with Crippen molar-refractivity contribution in [3.05, 3.63) is 113 Å². The van der Waals surface area contributed by atoms with Crippen LogP contribution in [0.5, 0.6) is 17.2 Å². The summed E-state index contributed by atoms with van der Waals surface area (Å²) in [5.74, 6) is -1.18. The molecular formula is C66H93N5O15Si. The molecule has 2 aliphatic heterocycles. The number of nitrogens with zero attached hydrogens (tertiary/aromatic N) is 2. The van der Waals surface area contributed by atoms with Crippen LogP contribution in [-0.2, 0) is 50.8 Å². The number of hydrogen-bond donors (Lipinski definition) is 3. The Balaban J connectivity index is 1.24. The minimum atomic E-state index is -2.14. The molecule has 0 spiro atoms. The fraction of sp³-hybridized carbons (Fsp3) is 0.530. The second-order valence-corrected chi connectivity index (χ2v) is 29.0. The first kappa shape index (κ1) is 70.4. The van der Waals surface area contributed by atoms with E-state index in [1.54, 1.807) is 60.2 Å². The summed E-state index contributed by atoms with van der Waals surface area (Å²) in [6, 6.07) is 12.1. The molecule has 2 saturated heterocycles. The summed E-state index contributed by atoms with van der Waals surface area (Å²) in [7, 11) is 0.880. The zero-order valence-corrected chi connectivity index (χ0v) is 54.2. The maximum absolute atomic E-state index is 14.5. The first-order valence-electron chi connectivity index (χ1n) is 29.9. The average Bonchev–Trinajstić information content (AvgIpc) is 1.99. The lowest BCUT2D eigenvalue weighted by Gasteiger charge is -2.38. The third kappa shape index (κ3) is 20.6. The molecule has 3 aromatic carbocycles. The Bertz CT molecular complexity index is 2940. The van der Waals surface area contributed by atoms with Crippen LogP contribution < -0.4 is 30.2 Å². The van der Waals surface area contributed by atoms with Gasteiger partial charge in [0, 0.05) is 70.0 Å². The molecule has 21 heteroatoms. The third-order valence-electron chi connectivity index (χ3n) is 16.0. The number of ether oxygens (including phenoxy) is 7. The molecule has 0 bridgehead atoms. The quantitative estimate of drug-likeness (QED) is 0.0292. The minimum absolute atomic E-state index is 0.0218. The van der Waals surface area contributed by atoms with Crippen LogP contribution in [0.15, 0.2) is 85.5 Å². The molecule has 5 rings (SSSR count). The highest BCUT2D eigenvalue weighted by Crippen LogP contribution is 2.39. The van der Waals surface area contributed by atoms with Crippen LogP contribution in [0, 0.1) is 18.8 Å². The standard InChI is InChI=1S/C66H93N5O15Si/c1-16-24-84-64(77)68-55-36-58(45(7)32-53(55)62(75)71-39-44(6)31-50(71)41-86-87(14,15)66(9,10)11)82-25-18-26-83-60-37-56(54(35-59(60)80-13)63(76)70-38-43(5)30-49(70)17-2)69-65(78)85-40-48-21-19-47(20-22-48)33-57(73)46(8)67-61(74)52(42(3)4)34-51(72)23-27-81-29-28-79-12/h16,19-22,32,35-37,42,46,49-50,52H,1,5-6,17-18,23-31,33-34,38-41H2,2-4,7-15H3,(H,67,74)(H,68,77)(H,69,78)/t46-,49+,50-,52-/m0/s1. The maximum Gasteiger partial charge on any atom is 0.411 e. The van der Waals surface area contributed by atoms with Gasteiger partial charge in [0.2, 0.25) is 5.91 Å². The van der Waals surface area contributed by atoms with Crippen molar-refractivity contribution in [2.75, 3.05) is 84.2 Å². The predicted molar refractivity (Wildman–Crippen MR) is 337 cm³/mol. The van der Waals surface area contributed by atoms with E-state index in [2.05, 4.69) is 69.6 Å². The van der Waals surface area contributed by atoms with Gasteiger partial charge in [-0.15, -0.1) is 0 Å². The smallest absolute Gasteiger partial charge is 0.411 e. The molecule has 87 heavy (non-hydrogen) atoms. The molecule has 476 valence electrons. The molecule has 4 atom stereocenters. The first-order chi connectivity index (χ1) is 41.2. The highest BCUT2D eigenvalue weighted by molar-refractivity contribution is 6.74. The van der Waals surface area contributed by atoms with Gasteiger partial charge in [0.1, 0.15) is 24.7 Å². The van der Waals surface area contributed by atoms with Gasteiger partial charge in [0.15, 0.2) is 25.6 Å². The van der Waals surface area contributed by atoms with Crippen LogP contribution in [0.2, 0.25) is 18.1 Å². The number of amides is 5. The Morgan fingerprint density at radius 3 is 1.91 bits per heavy atom. The number of aryl methyl sites for hydroxylation is 1. The number of hydrogen-bond acceptors (Lipinski definition) is 15. The summed E-state index contributed by atoms with van der Waals surface area (Å²) < 4.78 is 46.1. The van der Waals surface area contributed by atoms with E-state index in [4.69, 9.17) is 37.6 Å². The molecule has 3 N–H and O–H groups in total. The van der Waals surface area contributed by atoms with Gasteiger partial charge >= 0.3 is 12.2 Å². The lowest BCUT2D eigenvalue weighted by atomic mass is 9.88. The molecule has 2 aliphatic rings. The van der Waals surface area contributed by atoms with Gasteiger partial charge in [0.05, 0.1) is 81.3 Å². The van der Waals surface area contributed by atoms with Crippen LogP contribution >= 0.6 is 0 Å². The molecule has 0 aromatic heterocycles. The van der Waals surface area contributed by atoms with Crippen molar-refractivity contribution in [1.82, 2.24) is 15.1 Å². The molecule has 20 nitrogen and oxygen atoms in total. The fourth-order valence-corrected chi connectivity index (χ4v) is 10.8. The van der Waals surface area contributed by atoms with Gasteiger partial charge in [-0.2, -0.15) is 0 Å². The normalized spacial score (nSPS) is 15.8. The number of benzene rings is 3. The number of anilines is 2. The van der Waals surface area contributed by atoms with Gasteiger partial charge in [-0.25, -0.2) is 9.59 Å². The van der Waals surface area contributed by atoms with E-state index in [0.717, 1.165) is 11.1 Å². The van der Waals surface area contributed by atoms with Crippen molar-refractivity contribution in [2.45, 2.75) is 143 Å². The molecule has 2 fully saturated rings. The van der Waals surface area contributed by atoms with E-state index < -0.39 is 32.5 Å². The zero-order valence-electron chi connectivity index (χ0n) is 53.2. The molecule has 0 unspecified atom stereocenters. The Hall–Kier alpha value is -7.33. The average molecular weight is 1220 g/mol. The highest BCUT2D eigenvalue weighted by Gasteiger charge is 2.41. The summed E-state index contributed by atoms with van der Waals surface area (Å²) in [5, 5.41) is 8.27. The molecule has 5 amide bonds. The molecule has 0 saturated carbocycles. The van der Waals surface area contributed by atoms with Crippen LogP contribution in [0.3, 0.4) is 0 Å². The highest BCUT2D eigenvalue weighted by atomic mass is 28.4. The van der Waals surface area contributed by atoms with Crippen LogP contribution in [0.4, 0.5) is 21.0 Å². The summed E-state index contributed by atoms with van der Waals surface area (Å²) in [6.45, 7) is 34.1. The van der Waals surface area contributed by atoms with E-state index in [9.17, 15) is 33.6 Å². The lowest BCUT2D eigenvalue weighted by Crippen LogP contribution is -2.46. The molecular weight excluding hydrogens is 1130 g/mol. The van der Waals surface area contributed by atoms with Crippen molar-refractivity contribution >= 4 is 61.2 Å². The second-order valence-electron chi connectivity index (χ2n) is 24.2. The number of ketones is 2. The van der Waals surface area contributed by atoms with Gasteiger partial charge in [-0.05, 0) is 86.0 Å². The molecule has 3 aromatic rings. The number of carbonyl (C=O) groups excluding carboxylic acids is 7. The third-order valence-corrected chi connectivity index (χ3v) is 20.5. The largest absolute Gasteiger partial charge is 0.493 e. The Kier molecular flexibility index (Phi) is 26.8. The van der Waals surface area contributed by atoms with Crippen molar-refractivity contribution in [3.8, 4) is 17.2 Å². The fourth-order valence-electron chi connectivity index (χ4n) is 9.73. The van der Waals surface area contributed by atoms with Crippen molar-refractivity contribution in [3.63, 3.8) is 0 Å². The number of nitrogens with one attached hydrogen (secondary N) is 3. The predicted octanol–water partition coefficient (Wildman–Crippen LogP) is 11.2. The number of Topliss-reactive ketones (excluding diaryl/α,β-unsaturated/α-hetero) is 2. The van der Waals surface area contributed by atoms with E-state index >= 15 is 0 Å². The Labute approximate surface area is 515 Å². The zero-order chi connectivity index (χ0) is 64.2. The summed E-state index contributed by atoms with van der Waals surface area (Å²) in [5.41, 5.74) is 4.49. The van der Waals surface area contributed by atoms with Crippen LogP contribution in [0.1, 0.15) is 124 Å². The minimum Gasteiger partial charge on any atom is -0.493 e. The van der Waals surface area contributed by atoms with Gasteiger partial charge in [-0.1, -0.05) is 103 Å². The summed E-state index contributed by atoms with van der Waals surface area (Å²) in [6.07, 6.45) is 2.35. The van der Waals surface area contributed by atoms with E-state index in [0.29, 0.717) is 81.0 Å². The van der Waals surface area contributed by atoms with Crippen LogP contribution in [0.25, 0.3) is 0 Å². The maximum atomic E-state index is 14.5. The Morgan fingerprint density at radius 2 is 1.32 bits per heavy atom. The summed E-state index contributed by atoms with van der Waals surface area (Å²) in [4.78, 5) is 98.1. The van der Waals surface area contributed by atoms with E-state index in [1.165, 1.54) is 25.3 Å². The topological polar surface area (TPSA) is 236 Å². The van der Waals surface area contributed by atoms with E-state index in [1.807, 2.05) is 27.7 Å².